The van der Waals surface area contributed by atoms with Crippen molar-refractivity contribution in [2.24, 2.45) is 5.73 Å². The molecule has 0 radical (unpaired) electrons. The van der Waals surface area contributed by atoms with E-state index in [1.165, 1.54) is 20.2 Å². The Hall–Kier alpha value is -2.99. The van der Waals surface area contributed by atoms with Gasteiger partial charge < -0.3 is 19.9 Å². The zero-order valence-corrected chi connectivity index (χ0v) is 22.2. The molecule has 1 amide bonds. The zero-order valence-electron chi connectivity index (χ0n) is 21.4. The Labute approximate surface area is 217 Å². The van der Waals surface area contributed by atoms with Gasteiger partial charge in [-0.3, -0.25) is 9.52 Å². The van der Waals surface area contributed by atoms with Crippen LogP contribution in [0.3, 0.4) is 0 Å². The second-order valence-corrected chi connectivity index (χ2v) is 11.3. The molecule has 11 heteroatoms. The number of nitrogens with one attached hydrogen (secondary N) is 1. The van der Waals surface area contributed by atoms with Crippen molar-refractivity contribution >= 4 is 32.7 Å². The smallest absolute Gasteiger partial charge is 0.301 e. The number of amides is 1. The van der Waals surface area contributed by atoms with Crippen molar-refractivity contribution in [3.8, 4) is 0 Å². The SMILES string of the molecule is COCCn1cc(C(=O)N2CCC(c3cc(CN)ccc3F)CC2)c2c(NS(=O)(=O)N(C)C)cccc21. The van der Waals surface area contributed by atoms with E-state index in [1.54, 1.807) is 36.4 Å². The summed E-state index contributed by atoms with van der Waals surface area (Å²) in [6, 6.07) is 10.2. The summed E-state index contributed by atoms with van der Waals surface area (Å²) in [5, 5.41) is 0.540. The van der Waals surface area contributed by atoms with Gasteiger partial charge in [-0.25, -0.2) is 4.39 Å². The number of hydrogen-bond donors (Lipinski definition) is 2. The standard InChI is InChI=1S/C26H34FN5O4S/c1-30(2)37(34,35)29-23-5-4-6-24-25(23)21(17-32(24)13-14-36-3)26(33)31-11-9-19(10-12-31)20-15-18(16-28)7-8-22(20)27/h4-8,15,17,19,29H,9-14,16,28H2,1-3H3. The first-order chi connectivity index (χ1) is 17.7. The van der Waals surface area contributed by atoms with Crippen molar-refractivity contribution in [3.63, 3.8) is 0 Å². The van der Waals surface area contributed by atoms with E-state index in [9.17, 15) is 17.6 Å². The average Bonchev–Trinajstić information content (AvgIpc) is 3.27. The van der Waals surface area contributed by atoms with Gasteiger partial charge in [-0.1, -0.05) is 18.2 Å². The molecular weight excluding hydrogens is 497 g/mol. The fourth-order valence-electron chi connectivity index (χ4n) is 4.80. The lowest BCUT2D eigenvalue weighted by Gasteiger charge is -2.32. The normalized spacial score (nSPS) is 15.0. The first-order valence-corrected chi connectivity index (χ1v) is 13.7. The van der Waals surface area contributed by atoms with Crippen LogP contribution in [0.2, 0.25) is 0 Å². The molecule has 1 fully saturated rings. The van der Waals surface area contributed by atoms with Gasteiger partial charge >= 0.3 is 10.2 Å². The molecule has 1 saturated heterocycles. The fraction of sp³-hybridized carbons (Fsp3) is 0.423. The summed E-state index contributed by atoms with van der Waals surface area (Å²) in [5.41, 5.74) is 8.75. The number of nitrogens with zero attached hydrogens (tertiary/aromatic N) is 3. The minimum atomic E-state index is -3.79. The van der Waals surface area contributed by atoms with Crippen LogP contribution in [-0.4, -0.2) is 69.0 Å². The van der Waals surface area contributed by atoms with Gasteiger partial charge in [0, 0.05) is 59.0 Å². The molecule has 0 unspecified atom stereocenters. The maximum Gasteiger partial charge on any atom is 0.301 e. The molecule has 37 heavy (non-hydrogen) atoms. The summed E-state index contributed by atoms with van der Waals surface area (Å²) in [6.07, 6.45) is 3.01. The summed E-state index contributed by atoms with van der Waals surface area (Å²) in [4.78, 5) is 15.5. The minimum absolute atomic E-state index is 0.000979. The predicted molar refractivity (Wildman–Crippen MR) is 142 cm³/mol. The summed E-state index contributed by atoms with van der Waals surface area (Å²) >= 11 is 0. The number of ether oxygens (including phenoxy) is 1. The summed E-state index contributed by atoms with van der Waals surface area (Å²) in [5.74, 6) is -0.436. The molecule has 2 aromatic carbocycles. The van der Waals surface area contributed by atoms with E-state index < -0.39 is 10.2 Å². The Morgan fingerprint density at radius 2 is 1.95 bits per heavy atom. The van der Waals surface area contributed by atoms with Crippen LogP contribution in [0, 0.1) is 5.82 Å². The van der Waals surface area contributed by atoms with E-state index in [0.29, 0.717) is 67.8 Å². The molecule has 200 valence electrons. The second kappa shape index (κ2) is 11.2. The topological polar surface area (TPSA) is 110 Å². The monoisotopic (exact) mass is 531 g/mol. The number of halogens is 1. The number of rotatable bonds is 9. The van der Waals surface area contributed by atoms with Gasteiger partial charge in [-0.2, -0.15) is 12.7 Å². The molecule has 1 aliphatic rings. The van der Waals surface area contributed by atoms with Crippen LogP contribution in [-0.2, 0) is 28.0 Å². The van der Waals surface area contributed by atoms with Gasteiger partial charge in [-0.05, 0) is 48.1 Å². The van der Waals surface area contributed by atoms with Gasteiger partial charge in [-0.15, -0.1) is 0 Å². The molecule has 0 aliphatic carbocycles. The third kappa shape index (κ3) is 5.64. The lowest BCUT2D eigenvalue weighted by atomic mass is 9.88. The molecule has 0 spiro atoms. The van der Waals surface area contributed by atoms with Crippen molar-refractivity contribution < 1.29 is 22.3 Å². The van der Waals surface area contributed by atoms with Crippen LogP contribution < -0.4 is 10.5 Å². The predicted octanol–water partition coefficient (Wildman–Crippen LogP) is 3.12. The molecular formula is C26H34FN5O4S. The number of methoxy groups -OCH3 is 1. The maximum atomic E-state index is 14.5. The molecule has 0 saturated carbocycles. The molecule has 0 bridgehead atoms. The maximum absolute atomic E-state index is 14.5. The third-order valence-electron chi connectivity index (χ3n) is 6.91. The first-order valence-electron chi connectivity index (χ1n) is 12.2. The number of carbonyl (C=O) groups is 1. The Morgan fingerprint density at radius 3 is 2.59 bits per heavy atom. The van der Waals surface area contributed by atoms with Crippen molar-refractivity contribution in [2.45, 2.75) is 31.8 Å². The Morgan fingerprint density at radius 1 is 1.22 bits per heavy atom. The quantitative estimate of drug-likeness (QED) is 0.441. The first kappa shape index (κ1) is 27.1. The Balaban J connectivity index is 1.64. The molecule has 1 aliphatic heterocycles. The molecule has 3 N–H and O–H groups in total. The molecule has 1 aromatic heterocycles. The minimum Gasteiger partial charge on any atom is -0.383 e. The molecule has 4 rings (SSSR count). The van der Waals surface area contributed by atoms with E-state index in [0.717, 1.165) is 15.4 Å². The molecule has 9 nitrogen and oxygen atoms in total. The Bertz CT molecular complexity index is 1380. The lowest BCUT2D eigenvalue weighted by molar-refractivity contribution is 0.0714. The lowest BCUT2D eigenvalue weighted by Crippen LogP contribution is -2.38. The Kier molecular flexibility index (Phi) is 8.17. The number of aromatic nitrogens is 1. The van der Waals surface area contributed by atoms with Crippen LogP contribution >= 0.6 is 0 Å². The number of anilines is 1. The zero-order chi connectivity index (χ0) is 26.7. The molecule has 2 heterocycles. The highest BCUT2D eigenvalue weighted by Gasteiger charge is 2.29. The van der Waals surface area contributed by atoms with E-state index in [4.69, 9.17) is 10.5 Å². The van der Waals surface area contributed by atoms with E-state index in [-0.39, 0.29) is 17.6 Å². The number of likely N-dealkylation sites (tertiary alicyclic amines) is 1. The van der Waals surface area contributed by atoms with Crippen molar-refractivity contribution in [1.29, 1.82) is 0 Å². The molecule has 3 aromatic rings. The number of benzene rings is 2. The summed E-state index contributed by atoms with van der Waals surface area (Å²) in [6.45, 7) is 2.21. The average molecular weight is 532 g/mol. The summed E-state index contributed by atoms with van der Waals surface area (Å²) < 4.78 is 50.6. The van der Waals surface area contributed by atoms with Crippen molar-refractivity contribution in [3.05, 3.63) is 65.1 Å². The van der Waals surface area contributed by atoms with Crippen molar-refractivity contribution in [1.82, 2.24) is 13.8 Å². The van der Waals surface area contributed by atoms with Gasteiger partial charge in [0.15, 0.2) is 0 Å². The van der Waals surface area contributed by atoms with Gasteiger partial charge in [0.05, 0.1) is 23.4 Å². The highest BCUT2D eigenvalue weighted by Crippen LogP contribution is 2.34. The van der Waals surface area contributed by atoms with Crippen LogP contribution in [0.1, 0.15) is 40.2 Å². The second-order valence-electron chi connectivity index (χ2n) is 9.44. The third-order valence-corrected chi connectivity index (χ3v) is 8.35. The number of carbonyl (C=O) groups excluding carboxylic acids is 1. The number of hydrogen-bond acceptors (Lipinski definition) is 5. The highest BCUT2D eigenvalue weighted by molar-refractivity contribution is 7.90. The highest BCUT2D eigenvalue weighted by atomic mass is 32.2. The van der Waals surface area contributed by atoms with Gasteiger partial charge in [0.25, 0.3) is 5.91 Å². The van der Waals surface area contributed by atoms with Crippen LogP contribution in [0.5, 0.6) is 0 Å². The molecule has 0 atom stereocenters. The van der Waals surface area contributed by atoms with Crippen molar-refractivity contribution in [2.75, 3.05) is 45.6 Å². The summed E-state index contributed by atoms with van der Waals surface area (Å²) in [7, 11) is 0.694. The van der Waals surface area contributed by atoms with Crippen LogP contribution in [0.25, 0.3) is 10.9 Å². The number of nitrogens with two attached hydrogens (primary N) is 1. The number of piperidine rings is 1. The largest absolute Gasteiger partial charge is 0.383 e. The fourth-order valence-corrected chi connectivity index (χ4v) is 5.43. The van der Waals surface area contributed by atoms with E-state index in [2.05, 4.69) is 4.72 Å². The van der Waals surface area contributed by atoms with Crippen LogP contribution in [0.4, 0.5) is 10.1 Å². The number of fused-ring (bicyclic) bond motifs is 1. The van der Waals surface area contributed by atoms with Crippen LogP contribution in [0.15, 0.2) is 42.6 Å². The van der Waals surface area contributed by atoms with Gasteiger partial charge in [0.2, 0.25) is 0 Å². The van der Waals surface area contributed by atoms with E-state index in [1.807, 2.05) is 16.7 Å². The van der Waals surface area contributed by atoms with Gasteiger partial charge in [0.1, 0.15) is 5.82 Å². The van der Waals surface area contributed by atoms with E-state index >= 15 is 0 Å².